The highest BCUT2D eigenvalue weighted by molar-refractivity contribution is 5.89. The predicted molar refractivity (Wildman–Crippen MR) is 68.9 cm³/mol. The summed E-state index contributed by atoms with van der Waals surface area (Å²) in [6.45, 7) is 7.30. The molecule has 0 unspecified atom stereocenters. The first-order valence-corrected chi connectivity index (χ1v) is 6.48. The Kier molecular flexibility index (Phi) is 4.24. The van der Waals surface area contributed by atoms with E-state index in [9.17, 15) is 9.59 Å². The van der Waals surface area contributed by atoms with E-state index in [1.807, 2.05) is 6.92 Å². The molecule has 1 rings (SSSR count). The number of ether oxygens (including phenoxy) is 1. The van der Waals surface area contributed by atoms with Crippen LogP contribution in [0.5, 0.6) is 0 Å². The first kappa shape index (κ1) is 14.8. The van der Waals surface area contributed by atoms with Gasteiger partial charge in [0.05, 0.1) is 0 Å². The number of carbonyl (C=O) groups excluding carboxylic acids is 2. The van der Waals surface area contributed by atoms with E-state index in [1.165, 1.54) is 0 Å². The van der Waals surface area contributed by atoms with Crippen molar-refractivity contribution < 1.29 is 14.3 Å². The Morgan fingerprint density at radius 2 is 1.94 bits per heavy atom. The minimum Gasteiger partial charge on any atom is -0.444 e. The number of carbonyl (C=O) groups is 2. The summed E-state index contributed by atoms with van der Waals surface area (Å²) in [5.74, 6) is -0.433. The lowest BCUT2D eigenvalue weighted by molar-refractivity contribution is -0.127. The summed E-state index contributed by atoms with van der Waals surface area (Å²) in [7, 11) is 0. The second-order valence-electron chi connectivity index (χ2n) is 6.11. The summed E-state index contributed by atoms with van der Waals surface area (Å²) < 4.78 is 5.21. The molecule has 0 bridgehead atoms. The Hall–Kier alpha value is -1.26. The Balaban J connectivity index is 2.80. The van der Waals surface area contributed by atoms with E-state index < -0.39 is 23.1 Å². The molecule has 1 saturated carbocycles. The van der Waals surface area contributed by atoms with Crippen LogP contribution in [-0.4, -0.2) is 23.1 Å². The maximum absolute atomic E-state index is 11.8. The first-order chi connectivity index (χ1) is 8.17. The molecular formula is C13H24N2O3. The van der Waals surface area contributed by atoms with Crippen molar-refractivity contribution in [3.63, 3.8) is 0 Å². The number of hydrogen-bond acceptors (Lipinski definition) is 3. The fourth-order valence-corrected chi connectivity index (χ4v) is 2.45. The molecule has 3 N–H and O–H groups in total. The Bertz CT molecular complexity index is 336. The molecule has 0 spiro atoms. The quantitative estimate of drug-likeness (QED) is 0.792. The molecule has 2 amide bonds. The van der Waals surface area contributed by atoms with Crippen LogP contribution in [0.2, 0.25) is 0 Å². The summed E-state index contributed by atoms with van der Waals surface area (Å²) in [6.07, 6.45) is 2.85. The van der Waals surface area contributed by atoms with Crippen molar-refractivity contribution in [3.8, 4) is 0 Å². The fourth-order valence-electron chi connectivity index (χ4n) is 2.45. The van der Waals surface area contributed by atoms with Gasteiger partial charge in [-0.25, -0.2) is 4.79 Å². The van der Waals surface area contributed by atoms with Gasteiger partial charge in [0.1, 0.15) is 11.1 Å². The molecule has 104 valence electrons. The van der Waals surface area contributed by atoms with Crippen LogP contribution in [0.15, 0.2) is 0 Å². The van der Waals surface area contributed by atoms with Gasteiger partial charge in [0.2, 0.25) is 5.91 Å². The van der Waals surface area contributed by atoms with Gasteiger partial charge >= 0.3 is 6.09 Å². The van der Waals surface area contributed by atoms with Crippen LogP contribution in [0.25, 0.3) is 0 Å². The highest BCUT2D eigenvalue weighted by Crippen LogP contribution is 2.33. The van der Waals surface area contributed by atoms with Gasteiger partial charge in [-0.2, -0.15) is 0 Å². The third kappa shape index (κ3) is 3.37. The molecule has 5 nitrogen and oxygen atoms in total. The third-order valence-corrected chi connectivity index (χ3v) is 3.46. The van der Waals surface area contributed by atoms with Gasteiger partial charge in [-0.15, -0.1) is 0 Å². The van der Waals surface area contributed by atoms with Gasteiger partial charge < -0.3 is 15.8 Å². The van der Waals surface area contributed by atoms with E-state index in [4.69, 9.17) is 10.5 Å². The summed E-state index contributed by atoms with van der Waals surface area (Å²) in [6, 6.07) is 0. The van der Waals surface area contributed by atoms with Crippen molar-refractivity contribution in [2.24, 2.45) is 11.7 Å². The standard InChI is InChI=1S/C13H24N2O3/c1-9-7-5-6-8-13(9,10(14)16)15-11(17)18-12(2,3)4/h9H,5-8H2,1-4H3,(H2,14,16)(H,15,17)/t9-,13+/m1/s1. The monoisotopic (exact) mass is 256 g/mol. The molecule has 1 aliphatic carbocycles. The van der Waals surface area contributed by atoms with E-state index in [0.29, 0.717) is 6.42 Å². The molecule has 0 aromatic rings. The number of amides is 2. The SMILES string of the molecule is C[C@@H]1CCCC[C@@]1(NC(=O)OC(C)(C)C)C(N)=O. The Morgan fingerprint density at radius 3 is 2.39 bits per heavy atom. The van der Waals surface area contributed by atoms with E-state index in [2.05, 4.69) is 5.32 Å². The molecule has 0 aromatic carbocycles. The van der Waals surface area contributed by atoms with Gasteiger partial charge in [0.15, 0.2) is 0 Å². The van der Waals surface area contributed by atoms with Gasteiger partial charge in [-0.3, -0.25) is 4.79 Å². The minimum atomic E-state index is -0.958. The Labute approximate surface area is 108 Å². The average Bonchev–Trinajstić information content (AvgIpc) is 2.18. The number of nitrogens with two attached hydrogens (primary N) is 1. The van der Waals surface area contributed by atoms with Crippen molar-refractivity contribution in [1.82, 2.24) is 5.32 Å². The lowest BCUT2D eigenvalue weighted by atomic mass is 9.73. The molecule has 0 heterocycles. The van der Waals surface area contributed by atoms with Crippen molar-refractivity contribution in [1.29, 1.82) is 0 Å². The lowest BCUT2D eigenvalue weighted by Crippen LogP contribution is -2.63. The van der Waals surface area contributed by atoms with Crippen LogP contribution in [0.1, 0.15) is 53.4 Å². The topological polar surface area (TPSA) is 81.4 Å². The number of nitrogens with one attached hydrogen (secondary N) is 1. The molecule has 2 atom stereocenters. The van der Waals surface area contributed by atoms with Crippen molar-refractivity contribution in [2.75, 3.05) is 0 Å². The summed E-state index contributed by atoms with van der Waals surface area (Å²) in [5.41, 5.74) is 3.96. The molecule has 5 heteroatoms. The number of primary amides is 1. The zero-order valence-electron chi connectivity index (χ0n) is 11.7. The van der Waals surface area contributed by atoms with E-state index in [0.717, 1.165) is 19.3 Å². The Morgan fingerprint density at radius 1 is 1.33 bits per heavy atom. The molecule has 1 fully saturated rings. The van der Waals surface area contributed by atoms with Crippen LogP contribution in [-0.2, 0) is 9.53 Å². The van der Waals surface area contributed by atoms with Gasteiger partial charge in [-0.1, -0.05) is 19.8 Å². The van der Waals surface area contributed by atoms with E-state index in [-0.39, 0.29) is 5.92 Å². The summed E-state index contributed by atoms with van der Waals surface area (Å²) >= 11 is 0. The maximum atomic E-state index is 11.8. The molecule has 1 aliphatic rings. The minimum absolute atomic E-state index is 0.0382. The second-order valence-corrected chi connectivity index (χ2v) is 6.11. The molecule has 18 heavy (non-hydrogen) atoms. The van der Waals surface area contributed by atoms with Crippen molar-refractivity contribution >= 4 is 12.0 Å². The molecule has 0 radical (unpaired) electrons. The van der Waals surface area contributed by atoms with Gasteiger partial charge in [0.25, 0.3) is 0 Å². The van der Waals surface area contributed by atoms with Crippen LogP contribution < -0.4 is 11.1 Å². The van der Waals surface area contributed by atoms with Crippen molar-refractivity contribution in [3.05, 3.63) is 0 Å². The van der Waals surface area contributed by atoms with Gasteiger partial charge in [0, 0.05) is 0 Å². The van der Waals surface area contributed by atoms with Crippen LogP contribution in [0.4, 0.5) is 4.79 Å². The zero-order valence-corrected chi connectivity index (χ0v) is 11.7. The molecule has 0 saturated heterocycles. The summed E-state index contributed by atoms with van der Waals surface area (Å²) in [4.78, 5) is 23.6. The molecule has 0 aliphatic heterocycles. The predicted octanol–water partition coefficient (Wildman–Crippen LogP) is 1.95. The average molecular weight is 256 g/mol. The lowest BCUT2D eigenvalue weighted by Gasteiger charge is -2.40. The van der Waals surface area contributed by atoms with Crippen molar-refractivity contribution in [2.45, 2.75) is 64.5 Å². The number of hydrogen-bond donors (Lipinski definition) is 2. The smallest absolute Gasteiger partial charge is 0.408 e. The summed E-state index contributed by atoms with van der Waals surface area (Å²) in [5, 5.41) is 2.70. The number of alkyl carbamates (subject to hydrolysis) is 1. The fraction of sp³-hybridized carbons (Fsp3) is 0.846. The molecule has 0 aromatic heterocycles. The number of rotatable bonds is 2. The van der Waals surface area contributed by atoms with Crippen LogP contribution in [0.3, 0.4) is 0 Å². The molecular weight excluding hydrogens is 232 g/mol. The largest absolute Gasteiger partial charge is 0.444 e. The first-order valence-electron chi connectivity index (χ1n) is 6.48. The third-order valence-electron chi connectivity index (χ3n) is 3.46. The van der Waals surface area contributed by atoms with Crippen LogP contribution in [0, 0.1) is 5.92 Å². The maximum Gasteiger partial charge on any atom is 0.408 e. The highest BCUT2D eigenvalue weighted by atomic mass is 16.6. The van der Waals surface area contributed by atoms with Gasteiger partial charge in [-0.05, 0) is 39.5 Å². The van der Waals surface area contributed by atoms with Crippen LogP contribution >= 0.6 is 0 Å². The second kappa shape index (κ2) is 5.16. The normalized spacial score (nSPS) is 28.6. The highest BCUT2D eigenvalue weighted by Gasteiger charge is 2.45. The zero-order chi connectivity index (χ0) is 14.0. The van der Waals surface area contributed by atoms with E-state index in [1.54, 1.807) is 20.8 Å². The van der Waals surface area contributed by atoms with E-state index >= 15 is 0 Å².